The molecule has 0 N–H and O–H groups in total. The summed E-state index contributed by atoms with van der Waals surface area (Å²) in [6, 6.07) is 0.827. The molecule has 0 unspecified atom stereocenters. The lowest BCUT2D eigenvalue weighted by Gasteiger charge is -2.08. The Bertz CT molecular complexity index is 690. The Hall–Kier alpha value is -2.02. The van der Waals surface area contributed by atoms with Crippen LogP contribution in [0.5, 0.6) is 0 Å². The number of aldehydes is 1. The Kier molecular flexibility index (Phi) is 3.71. The second-order valence-corrected chi connectivity index (χ2v) is 4.06. The van der Waals surface area contributed by atoms with Gasteiger partial charge in [0.25, 0.3) is 0 Å². The van der Waals surface area contributed by atoms with Crippen LogP contribution in [-0.4, -0.2) is 11.3 Å². The third-order valence-corrected chi connectivity index (χ3v) is 2.79. The zero-order valence-corrected chi connectivity index (χ0v) is 10.1. The van der Waals surface area contributed by atoms with Crippen molar-refractivity contribution in [3.63, 3.8) is 0 Å². The van der Waals surface area contributed by atoms with Crippen molar-refractivity contribution in [3.05, 3.63) is 51.9 Å². The molecule has 0 spiro atoms. The lowest BCUT2D eigenvalue weighted by atomic mass is 10.1. The zero-order valence-electron chi connectivity index (χ0n) is 9.36. The van der Waals surface area contributed by atoms with E-state index >= 15 is 0 Å². The van der Waals surface area contributed by atoms with Crippen molar-refractivity contribution in [2.24, 2.45) is 0 Å². The van der Waals surface area contributed by atoms with E-state index in [2.05, 4.69) is 4.98 Å². The van der Waals surface area contributed by atoms with Crippen LogP contribution in [0.1, 0.15) is 10.4 Å². The highest BCUT2D eigenvalue weighted by Gasteiger charge is 2.27. The lowest BCUT2D eigenvalue weighted by Crippen LogP contribution is -2.05. The Morgan fingerprint density at radius 1 is 0.950 bits per heavy atom. The summed E-state index contributed by atoms with van der Waals surface area (Å²) in [5, 5.41) is -0.118. The first kappa shape index (κ1) is 14.4. The number of aromatic nitrogens is 1. The molecule has 0 bridgehead atoms. The van der Waals surface area contributed by atoms with Gasteiger partial charge < -0.3 is 0 Å². The van der Waals surface area contributed by atoms with Crippen molar-refractivity contribution in [1.82, 2.24) is 4.98 Å². The summed E-state index contributed by atoms with van der Waals surface area (Å²) in [7, 11) is 0. The summed E-state index contributed by atoms with van der Waals surface area (Å²) in [6.45, 7) is 0. The van der Waals surface area contributed by atoms with E-state index in [0.29, 0.717) is 0 Å². The molecule has 2 nitrogen and oxygen atoms in total. The van der Waals surface area contributed by atoms with Crippen LogP contribution in [0.3, 0.4) is 0 Å². The lowest BCUT2D eigenvalue weighted by molar-refractivity contribution is 0.112. The summed E-state index contributed by atoms with van der Waals surface area (Å²) in [5.41, 5.74) is -2.01. The van der Waals surface area contributed by atoms with Gasteiger partial charge >= 0.3 is 0 Å². The van der Waals surface area contributed by atoms with Crippen molar-refractivity contribution in [1.29, 1.82) is 0 Å². The number of rotatable bonds is 2. The zero-order chi connectivity index (χ0) is 15.0. The van der Waals surface area contributed by atoms with Crippen LogP contribution in [0.25, 0.3) is 11.3 Å². The van der Waals surface area contributed by atoms with Gasteiger partial charge in [-0.15, -0.1) is 0 Å². The van der Waals surface area contributed by atoms with Gasteiger partial charge in [0.15, 0.2) is 29.6 Å². The Labute approximate surface area is 113 Å². The van der Waals surface area contributed by atoms with Crippen molar-refractivity contribution < 1.29 is 26.7 Å². The molecule has 1 aromatic carbocycles. The molecule has 0 atom stereocenters. The number of carbonyl (C=O) groups excluding carboxylic acids is 1. The van der Waals surface area contributed by atoms with Crippen LogP contribution < -0.4 is 0 Å². The minimum absolute atomic E-state index is 0.118. The molecular formula is C12H3ClF5NO. The SMILES string of the molecule is O=Cc1cc(-c2c(F)c(F)c(F)c(F)c2F)ncc1Cl. The molecule has 0 fully saturated rings. The largest absolute Gasteiger partial charge is 0.298 e. The van der Waals surface area contributed by atoms with E-state index in [9.17, 15) is 26.7 Å². The average molecular weight is 308 g/mol. The van der Waals surface area contributed by atoms with Crippen LogP contribution in [0.15, 0.2) is 12.3 Å². The number of halogens is 6. The maximum absolute atomic E-state index is 13.5. The van der Waals surface area contributed by atoms with Gasteiger partial charge in [0.1, 0.15) is 0 Å². The number of carbonyl (C=O) groups is 1. The van der Waals surface area contributed by atoms with Crippen molar-refractivity contribution in [2.75, 3.05) is 0 Å². The minimum Gasteiger partial charge on any atom is -0.298 e. The number of pyridine rings is 1. The summed E-state index contributed by atoms with van der Waals surface area (Å²) in [6.07, 6.45) is 1.14. The second-order valence-electron chi connectivity index (χ2n) is 3.65. The third-order valence-electron chi connectivity index (χ3n) is 2.48. The van der Waals surface area contributed by atoms with Crippen LogP contribution in [0.2, 0.25) is 5.02 Å². The molecule has 0 saturated carbocycles. The molecule has 0 aliphatic rings. The highest BCUT2D eigenvalue weighted by molar-refractivity contribution is 6.32. The fourth-order valence-electron chi connectivity index (χ4n) is 1.51. The maximum Gasteiger partial charge on any atom is 0.200 e. The van der Waals surface area contributed by atoms with Crippen LogP contribution in [-0.2, 0) is 0 Å². The number of benzene rings is 1. The van der Waals surface area contributed by atoms with Gasteiger partial charge in [-0.1, -0.05) is 11.6 Å². The molecule has 104 valence electrons. The van der Waals surface area contributed by atoms with E-state index in [-0.39, 0.29) is 16.9 Å². The molecule has 20 heavy (non-hydrogen) atoms. The van der Waals surface area contributed by atoms with E-state index in [1.807, 2.05) is 0 Å². The number of hydrogen-bond acceptors (Lipinski definition) is 2. The Morgan fingerprint density at radius 2 is 1.45 bits per heavy atom. The quantitative estimate of drug-likeness (QED) is 0.364. The van der Waals surface area contributed by atoms with E-state index in [4.69, 9.17) is 11.6 Å². The predicted molar refractivity (Wildman–Crippen MR) is 59.9 cm³/mol. The van der Waals surface area contributed by atoms with Crippen LogP contribution >= 0.6 is 11.6 Å². The van der Waals surface area contributed by atoms with Crippen molar-refractivity contribution in [2.45, 2.75) is 0 Å². The molecule has 0 aliphatic heterocycles. The molecule has 8 heteroatoms. The smallest absolute Gasteiger partial charge is 0.200 e. The molecular weight excluding hydrogens is 305 g/mol. The van der Waals surface area contributed by atoms with Gasteiger partial charge in [-0.25, -0.2) is 22.0 Å². The Morgan fingerprint density at radius 3 is 1.95 bits per heavy atom. The summed E-state index contributed by atoms with van der Waals surface area (Å²) in [5.74, 6) is -10.5. The topological polar surface area (TPSA) is 30.0 Å². The van der Waals surface area contributed by atoms with Crippen molar-refractivity contribution >= 4 is 17.9 Å². The highest BCUT2D eigenvalue weighted by Crippen LogP contribution is 2.31. The maximum atomic E-state index is 13.5. The normalized spacial score (nSPS) is 10.7. The fourth-order valence-corrected chi connectivity index (χ4v) is 1.66. The predicted octanol–water partition coefficient (Wildman–Crippen LogP) is 3.91. The third kappa shape index (κ3) is 2.14. The molecule has 1 aromatic heterocycles. The van der Waals surface area contributed by atoms with E-state index in [0.717, 1.165) is 12.3 Å². The first-order chi connectivity index (χ1) is 9.38. The molecule has 2 rings (SSSR count). The summed E-state index contributed by atoms with van der Waals surface area (Å²) < 4.78 is 66.1. The number of hydrogen-bond donors (Lipinski definition) is 0. The van der Waals surface area contributed by atoms with Crippen LogP contribution in [0, 0.1) is 29.1 Å². The molecule has 2 aromatic rings. The summed E-state index contributed by atoms with van der Waals surface area (Å²) >= 11 is 5.56. The molecule has 0 radical (unpaired) electrons. The van der Waals surface area contributed by atoms with Gasteiger partial charge in [-0.05, 0) is 6.07 Å². The molecule has 0 saturated heterocycles. The molecule has 0 amide bonds. The fraction of sp³-hybridized carbons (Fsp3) is 0. The first-order valence-corrected chi connectivity index (χ1v) is 5.38. The number of nitrogens with zero attached hydrogens (tertiary/aromatic N) is 1. The summed E-state index contributed by atoms with van der Waals surface area (Å²) in [4.78, 5) is 14.1. The molecule has 0 aliphatic carbocycles. The van der Waals surface area contributed by atoms with Gasteiger partial charge in [0.05, 0.1) is 16.3 Å². The van der Waals surface area contributed by atoms with E-state index in [1.165, 1.54) is 0 Å². The second kappa shape index (κ2) is 5.16. The van der Waals surface area contributed by atoms with Crippen molar-refractivity contribution in [3.8, 4) is 11.3 Å². The van der Waals surface area contributed by atoms with Crippen LogP contribution in [0.4, 0.5) is 22.0 Å². The van der Waals surface area contributed by atoms with Gasteiger partial charge in [0.2, 0.25) is 5.82 Å². The standard InChI is InChI=1S/C12H3ClF5NO/c13-5-2-19-6(1-4(5)3-20)7-8(14)10(16)12(18)11(17)9(7)15/h1-3H. The molecule has 1 heterocycles. The van der Waals surface area contributed by atoms with Gasteiger partial charge in [-0.3, -0.25) is 9.78 Å². The average Bonchev–Trinajstić information content (AvgIpc) is 2.45. The highest BCUT2D eigenvalue weighted by atomic mass is 35.5. The van der Waals surface area contributed by atoms with Gasteiger partial charge in [0, 0.05) is 11.8 Å². The van der Waals surface area contributed by atoms with Gasteiger partial charge in [-0.2, -0.15) is 0 Å². The monoisotopic (exact) mass is 307 g/mol. The Balaban J connectivity index is 2.79. The first-order valence-electron chi connectivity index (χ1n) is 5.01. The minimum atomic E-state index is -2.27. The van der Waals surface area contributed by atoms with E-state index < -0.39 is 40.3 Å². The van der Waals surface area contributed by atoms with E-state index in [1.54, 1.807) is 0 Å².